The molecule has 0 N–H and O–H groups in total. The van der Waals surface area contributed by atoms with Crippen LogP contribution in [0.25, 0.3) is 0 Å². The molecule has 0 unspecified atom stereocenters. The first kappa shape index (κ1) is 10.8. The molecule has 0 aliphatic carbocycles. The topological polar surface area (TPSA) is 12.5 Å². The van der Waals surface area contributed by atoms with Gasteiger partial charge in [-0.1, -0.05) is 17.7 Å². The zero-order valence-electron chi connectivity index (χ0n) is 9.22. The van der Waals surface area contributed by atoms with Gasteiger partial charge in [0.2, 0.25) is 0 Å². The summed E-state index contributed by atoms with van der Waals surface area (Å²) in [6.45, 7) is 2.18. The molecule has 0 amide bonds. The Bertz CT molecular complexity index is 365. The van der Waals surface area contributed by atoms with E-state index in [1.54, 1.807) is 7.11 Å². The van der Waals surface area contributed by atoms with Crippen LogP contribution in [0.3, 0.4) is 0 Å². The van der Waals surface area contributed by atoms with Gasteiger partial charge < -0.3 is 9.64 Å². The number of fused-ring (bicyclic) bond motifs is 1. The molecule has 1 aromatic carbocycles. The molecule has 1 aliphatic rings. The molecule has 2 nitrogen and oxygen atoms in total. The summed E-state index contributed by atoms with van der Waals surface area (Å²) < 4.78 is 5.23. The van der Waals surface area contributed by atoms with E-state index in [-0.39, 0.29) is 0 Å². The number of ether oxygens (including phenoxy) is 1. The van der Waals surface area contributed by atoms with Crippen molar-refractivity contribution in [2.75, 3.05) is 27.2 Å². The van der Waals surface area contributed by atoms with Crippen LogP contribution < -0.4 is 4.74 Å². The minimum Gasteiger partial charge on any atom is -0.495 e. The molecule has 15 heavy (non-hydrogen) atoms. The molecule has 0 radical (unpaired) electrons. The zero-order chi connectivity index (χ0) is 10.8. The third kappa shape index (κ3) is 2.11. The predicted octanol–water partition coefficient (Wildman–Crippen LogP) is 2.38. The Morgan fingerprint density at radius 2 is 2.00 bits per heavy atom. The Morgan fingerprint density at radius 1 is 1.27 bits per heavy atom. The summed E-state index contributed by atoms with van der Waals surface area (Å²) in [6.07, 6.45) is 2.09. The lowest BCUT2D eigenvalue weighted by Gasteiger charge is -2.11. The van der Waals surface area contributed by atoms with E-state index in [0.29, 0.717) is 0 Å². The van der Waals surface area contributed by atoms with E-state index in [4.69, 9.17) is 16.3 Å². The van der Waals surface area contributed by atoms with Crippen LogP contribution in [0.4, 0.5) is 0 Å². The normalized spacial score (nSPS) is 17.0. The SMILES string of the molecule is COc1ccc2c(c1Cl)CCN(C)CC2. The highest BCUT2D eigenvalue weighted by molar-refractivity contribution is 6.33. The second-order valence-electron chi connectivity index (χ2n) is 4.02. The van der Waals surface area contributed by atoms with Crippen molar-refractivity contribution in [1.29, 1.82) is 0 Å². The highest BCUT2D eigenvalue weighted by Crippen LogP contribution is 2.32. The van der Waals surface area contributed by atoms with Crippen molar-refractivity contribution in [1.82, 2.24) is 4.90 Å². The smallest absolute Gasteiger partial charge is 0.137 e. The molecule has 1 aliphatic heterocycles. The lowest BCUT2D eigenvalue weighted by atomic mass is 10.0. The van der Waals surface area contributed by atoms with Gasteiger partial charge in [0, 0.05) is 13.1 Å². The highest BCUT2D eigenvalue weighted by atomic mass is 35.5. The van der Waals surface area contributed by atoms with Gasteiger partial charge in [0.15, 0.2) is 0 Å². The molecule has 3 heteroatoms. The third-order valence-corrected chi connectivity index (χ3v) is 3.45. The molecular weight excluding hydrogens is 210 g/mol. The lowest BCUT2D eigenvalue weighted by molar-refractivity contribution is 0.352. The number of benzene rings is 1. The van der Waals surface area contributed by atoms with Gasteiger partial charge in [-0.25, -0.2) is 0 Å². The minimum atomic E-state index is 0.792. The number of likely N-dealkylation sites (N-methyl/N-ethyl adjacent to an activating group) is 1. The van der Waals surface area contributed by atoms with Gasteiger partial charge in [-0.15, -0.1) is 0 Å². The van der Waals surface area contributed by atoms with E-state index in [1.165, 1.54) is 11.1 Å². The fourth-order valence-corrected chi connectivity index (χ4v) is 2.38. The molecule has 0 fully saturated rings. The van der Waals surface area contributed by atoms with Crippen LogP contribution in [0, 0.1) is 0 Å². The van der Waals surface area contributed by atoms with Crippen molar-refractivity contribution in [3.8, 4) is 5.75 Å². The van der Waals surface area contributed by atoms with Crippen LogP contribution in [-0.2, 0) is 12.8 Å². The number of hydrogen-bond acceptors (Lipinski definition) is 2. The van der Waals surface area contributed by atoms with E-state index in [1.807, 2.05) is 6.07 Å². The predicted molar refractivity (Wildman–Crippen MR) is 62.9 cm³/mol. The van der Waals surface area contributed by atoms with Crippen LogP contribution in [-0.4, -0.2) is 32.1 Å². The first-order valence-electron chi connectivity index (χ1n) is 5.25. The average Bonchev–Trinajstić information content (AvgIpc) is 2.42. The Labute approximate surface area is 95.8 Å². The summed E-state index contributed by atoms with van der Waals surface area (Å²) in [5, 5.41) is 0.797. The minimum absolute atomic E-state index is 0.792. The average molecular weight is 226 g/mol. The van der Waals surface area contributed by atoms with Crippen molar-refractivity contribution in [3.05, 3.63) is 28.3 Å². The number of rotatable bonds is 1. The molecular formula is C12H16ClNO. The van der Waals surface area contributed by atoms with Crippen molar-refractivity contribution < 1.29 is 4.74 Å². The molecule has 0 saturated heterocycles. The second kappa shape index (κ2) is 4.42. The largest absolute Gasteiger partial charge is 0.495 e. The summed E-state index contributed by atoms with van der Waals surface area (Å²) in [5.41, 5.74) is 2.63. The molecule has 0 aromatic heterocycles. The number of nitrogens with zero attached hydrogens (tertiary/aromatic N) is 1. The molecule has 0 spiro atoms. The molecule has 82 valence electrons. The quantitative estimate of drug-likeness (QED) is 0.728. The molecule has 2 rings (SSSR count). The van der Waals surface area contributed by atoms with E-state index in [9.17, 15) is 0 Å². The Hall–Kier alpha value is -0.730. The number of halogens is 1. The fraction of sp³-hybridized carbons (Fsp3) is 0.500. The summed E-state index contributed by atoms with van der Waals surface area (Å²) in [6, 6.07) is 4.10. The van der Waals surface area contributed by atoms with Gasteiger partial charge in [-0.3, -0.25) is 0 Å². The van der Waals surface area contributed by atoms with Gasteiger partial charge in [-0.05, 0) is 37.1 Å². The first-order chi connectivity index (χ1) is 7.22. The van der Waals surface area contributed by atoms with Crippen LogP contribution >= 0.6 is 11.6 Å². The van der Waals surface area contributed by atoms with E-state index < -0.39 is 0 Å². The van der Waals surface area contributed by atoms with Gasteiger partial charge in [0.1, 0.15) is 5.75 Å². The van der Waals surface area contributed by atoms with E-state index >= 15 is 0 Å². The zero-order valence-corrected chi connectivity index (χ0v) is 9.97. The van der Waals surface area contributed by atoms with Crippen LogP contribution in [0.2, 0.25) is 5.02 Å². The standard InChI is InChI=1S/C12H16ClNO/c1-14-7-5-9-3-4-11(15-2)12(13)10(9)6-8-14/h3-4H,5-8H2,1-2H3. The van der Waals surface area contributed by atoms with Crippen LogP contribution in [0.15, 0.2) is 12.1 Å². The Morgan fingerprint density at radius 3 is 2.73 bits per heavy atom. The second-order valence-corrected chi connectivity index (χ2v) is 4.40. The summed E-state index contributed by atoms with van der Waals surface area (Å²) in [4.78, 5) is 2.34. The third-order valence-electron chi connectivity index (χ3n) is 3.03. The maximum Gasteiger partial charge on any atom is 0.137 e. The summed E-state index contributed by atoms with van der Waals surface area (Å²) in [7, 11) is 3.81. The van der Waals surface area contributed by atoms with Crippen LogP contribution in [0.1, 0.15) is 11.1 Å². The Kier molecular flexibility index (Phi) is 3.17. The van der Waals surface area contributed by atoms with E-state index in [2.05, 4.69) is 18.0 Å². The first-order valence-corrected chi connectivity index (χ1v) is 5.63. The molecule has 0 atom stereocenters. The fourth-order valence-electron chi connectivity index (χ4n) is 2.03. The maximum absolute atomic E-state index is 6.30. The monoisotopic (exact) mass is 225 g/mol. The van der Waals surface area contributed by atoms with Crippen molar-refractivity contribution in [3.63, 3.8) is 0 Å². The van der Waals surface area contributed by atoms with Gasteiger partial charge in [0.25, 0.3) is 0 Å². The summed E-state index contributed by atoms with van der Waals surface area (Å²) >= 11 is 6.30. The summed E-state index contributed by atoms with van der Waals surface area (Å²) in [5.74, 6) is 0.792. The van der Waals surface area contributed by atoms with Gasteiger partial charge in [-0.2, -0.15) is 0 Å². The van der Waals surface area contributed by atoms with Gasteiger partial charge >= 0.3 is 0 Å². The van der Waals surface area contributed by atoms with Crippen molar-refractivity contribution in [2.24, 2.45) is 0 Å². The van der Waals surface area contributed by atoms with Crippen molar-refractivity contribution in [2.45, 2.75) is 12.8 Å². The molecule has 0 saturated carbocycles. The maximum atomic E-state index is 6.30. The highest BCUT2D eigenvalue weighted by Gasteiger charge is 2.16. The van der Waals surface area contributed by atoms with Crippen molar-refractivity contribution >= 4 is 11.6 Å². The Balaban J connectivity index is 2.39. The molecule has 0 bridgehead atoms. The molecule has 1 aromatic rings. The number of methoxy groups -OCH3 is 1. The van der Waals surface area contributed by atoms with E-state index in [0.717, 1.165) is 36.7 Å². The number of hydrogen-bond donors (Lipinski definition) is 0. The lowest BCUT2D eigenvalue weighted by Crippen LogP contribution is -2.20. The molecule has 1 heterocycles. The van der Waals surface area contributed by atoms with Gasteiger partial charge in [0.05, 0.1) is 12.1 Å². The van der Waals surface area contributed by atoms with Crippen LogP contribution in [0.5, 0.6) is 5.75 Å².